The lowest BCUT2D eigenvalue weighted by Crippen LogP contribution is -2.37. The highest BCUT2D eigenvalue weighted by Gasteiger charge is 2.20. The van der Waals surface area contributed by atoms with Gasteiger partial charge in [0.05, 0.1) is 34.0 Å². The second-order valence-electron chi connectivity index (χ2n) is 15.8. The molecule has 0 radical (unpaired) electrons. The maximum Gasteiger partial charge on any atom is 0.306 e. The first-order valence-corrected chi connectivity index (χ1v) is 23.2. The van der Waals surface area contributed by atoms with Gasteiger partial charge < -0.3 is 27.9 Å². The maximum atomic E-state index is 12.6. The number of esters is 1. The molecule has 0 aromatic rings. The topological polar surface area (TPSA) is 94.1 Å². The predicted octanol–water partition coefficient (Wildman–Crippen LogP) is 12.3. The molecule has 0 rings (SSSR count). The number of rotatable bonds is 40. The quantitative estimate of drug-likeness (QED) is 0.0153. The molecule has 1 unspecified atom stereocenters. The second kappa shape index (κ2) is 37.5. The average molecular weight is 770 g/mol. The molecule has 312 valence electrons. The van der Waals surface area contributed by atoms with Crippen molar-refractivity contribution in [3.63, 3.8) is 0 Å². The van der Waals surface area contributed by atoms with E-state index in [0.29, 0.717) is 11.0 Å². The highest BCUT2D eigenvalue weighted by atomic mass is 31.2. The Morgan fingerprint density at radius 3 is 1.53 bits per heavy atom. The smallest absolute Gasteiger partial charge is 0.306 e. The van der Waals surface area contributed by atoms with Crippen LogP contribution in [0, 0.1) is 0 Å². The molecule has 9 heteroatoms. The summed E-state index contributed by atoms with van der Waals surface area (Å²) in [6.07, 6.45) is 43.9. The lowest BCUT2D eigenvalue weighted by molar-refractivity contribution is -0.870. The van der Waals surface area contributed by atoms with Crippen LogP contribution in [0.25, 0.3) is 0 Å². The van der Waals surface area contributed by atoms with Gasteiger partial charge in [-0.05, 0) is 51.0 Å². The van der Waals surface area contributed by atoms with Crippen LogP contribution >= 0.6 is 7.82 Å². The molecule has 0 bridgehead atoms. The zero-order valence-electron chi connectivity index (χ0n) is 35.2. The fraction of sp³-hybridized carbons (Fsp3) is 0.841. The van der Waals surface area contributed by atoms with Crippen LogP contribution in [0.5, 0.6) is 0 Å². The number of nitrogens with zero attached hydrogens (tertiary/aromatic N) is 1. The lowest BCUT2D eigenvalue weighted by atomic mass is 10.0. The number of allylic oxidation sites excluding steroid dienone is 5. The Hall–Kier alpha value is -1.44. The third-order valence-electron chi connectivity index (χ3n) is 9.29. The molecule has 0 heterocycles. The number of quaternary nitrogens is 1. The number of phosphoric ester groups is 1. The standard InChI is InChI=1S/C44H84NO7P/c1-6-8-10-12-14-16-18-20-22-24-26-28-30-32-34-36-39-49-41-43(42-51-53(47,48)50-40-38-45(3,4)5)52-44(46)37-35-33-31-29-27-25-23-21-19-17-15-13-11-9-7-2/h17,19,21,23,36,39,43H,6-16,18,20,22,24-35,37-38,40-42H2,1-5H3/b19-17+,23-21+,39-36+/t43-/m1/s1. The van der Waals surface area contributed by atoms with Crippen LogP contribution in [-0.4, -0.2) is 64.1 Å². The van der Waals surface area contributed by atoms with Crippen LogP contribution in [0.4, 0.5) is 0 Å². The van der Waals surface area contributed by atoms with Gasteiger partial charge in [-0.2, -0.15) is 0 Å². The zero-order valence-corrected chi connectivity index (χ0v) is 36.1. The lowest BCUT2D eigenvalue weighted by Gasteiger charge is -2.28. The van der Waals surface area contributed by atoms with E-state index >= 15 is 0 Å². The van der Waals surface area contributed by atoms with E-state index in [-0.39, 0.29) is 32.2 Å². The zero-order chi connectivity index (χ0) is 39.1. The summed E-state index contributed by atoms with van der Waals surface area (Å²) >= 11 is 0. The number of hydrogen-bond acceptors (Lipinski definition) is 7. The molecule has 53 heavy (non-hydrogen) atoms. The van der Waals surface area contributed by atoms with Gasteiger partial charge in [-0.15, -0.1) is 0 Å². The first-order valence-electron chi connectivity index (χ1n) is 21.8. The number of unbranched alkanes of at least 4 members (excludes halogenated alkanes) is 23. The van der Waals surface area contributed by atoms with Gasteiger partial charge in [0.15, 0.2) is 6.10 Å². The molecule has 0 amide bonds. The van der Waals surface area contributed by atoms with Crippen LogP contribution in [0.15, 0.2) is 36.6 Å². The highest BCUT2D eigenvalue weighted by Crippen LogP contribution is 2.38. The van der Waals surface area contributed by atoms with Gasteiger partial charge in [0.25, 0.3) is 7.82 Å². The molecule has 0 aliphatic heterocycles. The number of ether oxygens (including phenoxy) is 2. The van der Waals surface area contributed by atoms with E-state index in [1.54, 1.807) is 6.26 Å². The van der Waals surface area contributed by atoms with Crippen molar-refractivity contribution >= 4 is 13.8 Å². The summed E-state index contributed by atoms with van der Waals surface area (Å²) in [6.45, 7) is 4.70. The Morgan fingerprint density at radius 2 is 1.04 bits per heavy atom. The third-order valence-corrected chi connectivity index (χ3v) is 10.3. The minimum Gasteiger partial charge on any atom is -0.756 e. The van der Waals surface area contributed by atoms with Gasteiger partial charge in [0, 0.05) is 6.42 Å². The van der Waals surface area contributed by atoms with Gasteiger partial charge in [-0.1, -0.05) is 160 Å². The second-order valence-corrected chi connectivity index (χ2v) is 17.2. The summed E-state index contributed by atoms with van der Waals surface area (Å²) < 4.78 is 34.3. The van der Waals surface area contributed by atoms with E-state index in [1.165, 1.54) is 109 Å². The molecule has 2 atom stereocenters. The first kappa shape index (κ1) is 51.6. The van der Waals surface area contributed by atoms with Crippen molar-refractivity contribution in [2.75, 3.05) is 47.5 Å². The van der Waals surface area contributed by atoms with Crippen LogP contribution in [0.3, 0.4) is 0 Å². The average Bonchev–Trinajstić information content (AvgIpc) is 3.11. The number of carbonyl (C=O) groups is 1. The van der Waals surface area contributed by atoms with Crippen LogP contribution in [0.1, 0.15) is 187 Å². The normalized spacial score (nSPS) is 14.1. The molecule has 0 aliphatic rings. The van der Waals surface area contributed by atoms with Gasteiger partial charge in [0.2, 0.25) is 0 Å². The van der Waals surface area contributed by atoms with E-state index < -0.39 is 13.9 Å². The highest BCUT2D eigenvalue weighted by molar-refractivity contribution is 7.45. The molecule has 0 spiro atoms. The number of likely N-dealkylation sites (N-methyl/N-ethyl adjacent to an activating group) is 1. The summed E-state index contributed by atoms with van der Waals surface area (Å²) in [5.41, 5.74) is 0. The maximum absolute atomic E-state index is 12.6. The van der Waals surface area contributed by atoms with E-state index in [4.69, 9.17) is 18.5 Å². The molecule has 0 aromatic carbocycles. The minimum absolute atomic E-state index is 0.0136. The molecular formula is C44H84NO7P. The molecular weight excluding hydrogens is 685 g/mol. The van der Waals surface area contributed by atoms with Crippen molar-refractivity contribution in [1.29, 1.82) is 0 Å². The van der Waals surface area contributed by atoms with E-state index in [0.717, 1.165) is 57.8 Å². The fourth-order valence-corrected chi connectivity index (χ4v) is 6.58. The Bertz CT molecular complexity index is 947. The number of carbonyl (C=O) groups excluding carboxylic acids is 1. The molecule has 0 saturated carbocycles. The summed E-state index contributed by atoms with van der Waals surface area (Å²) in [5.74, 6) is -0.371. The van der Waals surface area contributed by atoms with Crippen molar-refractivity contribution < 1.29 is 37.3 Å². The Balaban J connectivity index is 4.32. The summed E-state index contributed by atoms with van der Waals surface area (Å²) in [6, 6.07) is 0. The number of hydrogen-bond donors (Lipinski definition) is 0. The SMILES string of the molecule is CCCCCC/C=C/C=C/CCCCCCCC(=O)O[C@H](CO/C=C/CCCCCCCCCCCCCCCC)COP(=O)([O-])OCC[N+](C)(C)C. The van der Waals surface area contributed by atoms with Crippen LogP contribution in [-0.2, 0) is 27.9 Å². The molecule has 8 nitrogen and oxygen atoms in total. The van der Waals surface area contributed by atoms with Crippen molar-refractivity contribution in [3.05, 3.63) is 36.6 Å². The van der Waals surface area contributed by atoms with Crippen LogP contribution < -0.4 is 4.89 Å². The summed E-state index contributed by atoms with van der Waals surface area (Å²) in [5, 5.41) is 0. The van der Waals surface area contributed by atoms with Gasteiger partial charge >= 0.3 is 5.97 Å². The summed E-state index contributed by atoms with van der Waals surface area (Å²) in [4.78, 5) is 25.0. The third kappa shape index (κ3) is 41.6. The Kier molecular flexibility index (Phi) is 36.5. The van der Waals surface area contributed by atoms with Gasteiger partial charge in [-0.3, -0.25) is 9.36 Å². The Labute approximate surface area is 327 Å². The summed E-state index contributed by atoms with van der Waals surface area (Å²) in [7, 11) is 1.31. The molecule has 0 fully saturated rings. The Morgan fingerprint density at radius 1 is 0.604 bits per heavy atom. The predicted molar refractivity (Wildman–Crippen MR) is 222 cm³/mol. The van der Waals surface area contributed by atoms with Gasteiger partial charge in [-0.25, -0.2) is 0 Å². The van der Waals surface area contributed by atoms with E-state index in [1.807, 2.05) is 27.2 Å². The van der Waals surface area contributed by atoms with Crippen molar-refractivity contribution in [3.8, 4) is 0 Å². The first-order chi connectivity index (χ1) is 25.6. The van der Waals surface area contributed by atoms with Crippen molar-refractivity contribution in [2.24, 2.45) is 0 Å². The molecule has 0 aliphatic carbocycles. The van der Waals surface area contributed by atoms with Gasteiger partial charge in [0.1, 0.15) is 19.8 Å². The molecule has 0 saturated heterocycles. The minimum atomic E-state index is -4.54. The van der Waals surface area contributed by atoms with E-state index in [2.05, 4.69) is 38.2 Å². The monoisotopic (exact) mass is 770 g/mol. The van der Waals surface area contributed by atoms with Crippen molar-refractivity contribution in [1.82, 2.24) is 0 Å². The fourth-order valence-electron chi connectivity index (χ4n) is 5.86. The van der Waals surface area contributed by atoms with E-state index in [9.17, 15) is 14.3 Å². The largest absolute Gasteiger partial charge is 0.756 e. The van der Waals surface area contributed by atoms with Crippen molar-refractivity contribution in [2.45, 2.75) is 193 Å². The molecule has 0 N–H and O–H groups in total. The number of phosphoric acid groups is 1. The van der Waals surface area contributed by atoms with Crippen LogP contribution in [0.2, 0.25) is 0 Å². The molecule has 0 aromatic heterocycles.